The fraction of sp³-hybridized carbons (Fsp3) is 0.455. The minimum atomic E-state index is 0.534. The number of hydrogen-bond acceptors (Lipinski definition) is 5. The van der Waals surface area contributed by atoms with E-state index in [-0.39, 0.29) is 0 Å². The lowest BCUT2D eigenvalue weighted by molar-refractivity contribution is 0.254. The molecule has 1 aliphatic rings. The van der Waals surface area contributed by atoms with Gasteiger partial charge in [0.05, 0.1) is 19.8 Å². The van der Waals surface area contributed by atoms with Crippen molar-refractivity contribution >= 4 is 0 Å². The maximum Gasteiger partial charge on any atom is 0.204 e. The van der Waals surface area contributed by atoms with Crippen LogP contribution in [0, 0.1) is 0 Å². The van der Waals surface area contributed by atoms with Gasteiger partial charge in [0.15, 0.2) is 11.5 Å². The molecule has 0 saturated heterocycles. The Kier molecular flexibility index (Phi) is 6.45. The van der Waals surface area contributed by atoms with Crippen molar-refractivity contribution in [2.24, 2.45) is 5.73 Å². The van der Waals surface area contributed by atoms with Crippen LogP contribution in [-0.2, 0) is 12.8 Å². The second-order valence-corrected chi connectivity index (χ2v) is 6.35. The van der Waals surface area contributed by atoms with Crippen LogP contribution in [0.15, 0.2) is 24.3 Å². The van der Waals surface area contributed by atoms with Crippen LogP contribution in [0.4, 0.5) is 0 Å². The van der Waals surface area contributed by atoms with Crippen LogP contribution in [0.2, 0.25) is 0 Å². The third kappa shape index (κ3) is 3.83. The lowest BCUT2D eigenvalue weighted by atomic mass is 9.93. The van der Waals surface area contributed by atoms with Crippen molar-refractivity contribution in [2.75, 3.05) is 26.4 Å². The van der Waals surface area contributed by atoms with Crippen LogP contribution in [0.5, 0.6) is 28.7 Å². The predicted octanol–water partition coefficient (Wildman–Crippen LogP) is 4.47. The van der Waals surface area contributed by atoms with E-state index in [0.717, 1.165) is 59.0 Å². The minimum absolute atomic E-state index is 0.534. The summed E-state index contributed by atoms with van der Waals surface area (Å²) < 4.78 is 24.4. The molecule has 0 atom stereocenters. The molecule has 5 nitrogen and oxygen atoms in total. The molecular formula is C22H29NO4. The largest absolute Gasteiger partial charge is 0.489 e. The Labute approximate surface area is 161 Å². The quantitative estimate of drug-likeness (QED) is 0.601. The zero-order valence-corrected chi connectivity index (χ0v) is 16.5. The average molecular weight is 371 g/mol. The zero-order chi connectivity index (χ0) is 19.2. The van der Waals surface area contributed by atoms with E-state index in [0.29, 0.717) is 32.1 Å². The van der Waals surface area contributed by atoms with E-state index in [2.05, 4.69) is 6.07 Å². The number of para-hydroxylation sites is 1. The van der Waals surface area contributed by atoms with Crippen LogP contribution in [-0.4, -0.2) is 26.4 Å². The number of rotatable bonds is 9. The lowest BCUT2D eigenvalue weighted by Crippen LogP contribution is -2.13. The molecule has 3 rings (SSSR count). The molecule has 1 heterocycles. The van der Waals surface area contributed by atoms with Gasteiger partial charge in [-0.15, -0.1) is 0 Å². The molecule has 2 aromatic rings. The monoisotopic (exact) mass is 371 g/mol. The van der Waals surface area contributed by atoms with Crippen LogP contribution in [0.1, 0.15) is 43.9 Å². The summed E-state index contributed by atoms with van der Waals surface area (Å²) in [6.07, 6.45) is 2.35. The number of fused-ring (bicyclic) bond motifs is 2. The summed E-state index contributed by atoms with van der Waals surface area (Å²) in [6, 6.07) is 8.11. The molecule has 146 valence electrons. The van der Waals surface area contributed by atoms with E-state index in [1.807, 2.05) is 39.0 Å². The third-order valence-electron chi connectivity index (χ3n) is 4.56. The molecule has 0 spiro atoms. The summed E-state index contributed by atoms with van der Waals surface area (Å²) in [5.41, 5.74) is 8.97. The topological polar surface area (TPSA) is 62.9 Å². The van der Waals surface area contributed by atoms with E-state index in [4.69, 9.17) is 24.7 Å². The van der Waals surface area contributed by atoms with E-state index in [9.17, 15) is 0 Å². The Balaban J connectivity index is 2.24. The molecule has 0 fully saturated rings. The maximum absolute atomic E-state index is 6.36. The minimum Gasteiger partial charge on any atom is -0.489 e. The fourth-order valence-electron chi connectivity index (χ4n) is 3.47. The molecule has 0 unspecified atom stereocenters. The predicted molar refractivity (Wildman–Crippen MR) is 107 cm³/mol. The van der Waals surface area contributed by atoms with Gasteiger partial charge in [-0.05, 0) is 51.8 Å². The first-order valence-electron chi connectivity index (χ1n) is 9.80. The SMILES string of the molecule is CCOc1c(CCCN)c2c(c(OCC)c1OCC)Cc1ccccc1O2. The highest BCUT2D eigenvalue weighted by Crippen LogP contribution is 2.53. The molecule has 0 aliphatic carbocycles. The van der Waals surface area contributed by atoms with E-state index >= 15 is 0 Å². The van der Waals surface area contributed by atoms with Crippen molar-refractivity contribution in [1.82, 2.24) is 0 Å². The van der Waals surface area contributed by atoms with Crippen molar-refractivity contribution < 1.29 is 18.9 Å². The third-order valence-corrected chi connectivity index (χ3v) is 4.56. The van der Waals surface area contributed by atoms with Crippen LogP contribution < -0.4 is 24.7 Å². The lowest BCUT2D eigenvalue weighted by Gasteiger charge is -2.28. The molecule has 27 heavy (non-hydrogen) atoms. The molecule has 2 N–H and O–H groups in total. The summed E-state index contributed by atoms with van der Waals surface area (Å²) in [6.45, 7) is 8.14. The van der Waals surface area contributed by atoms with Gasteiger partial charge in [-0.1, -0.05) is 18.2 Å². The number of hydrogen-bond donors (Lipinski definition) is 1. The second-order valence-electron chi connectivity index (χ2n) is 6.35. The van der Waals surface area contributed by atoms with Crippen LogP contribution in [0.25, 0.3) is 0 Å². The molecule has 0 saturated carbocycles. The molecule has 0 bridgehead atoms. The first-order chi connectivity index (χ1) is 13.2. The molecule has 2 aromatic carbocycles. The van der Waals surface area contributed by atoms with Crippen molar-refractivity contribution in [2.45, 2.75) is 40.0 Å². The molecule has 0 aromatic heterocycles. The normalized spacial score (nSPS) is 12.0. The number of nitrogens with two attached hydrogens (primary N) is 1. The summed E-state index contributed by atoms with van der Waals surface area (Å²) in [4.78, 5) is 0. The second kappa shape index (κ2) is 9.00. The number of ether oxygens (including phenoxy) is 4. The Morgan fingerprint density at radius 1 is 0.926 bits per heavy atom. The molecular weight excluding hydrogens is 342 g/mol. The molecule has 0 amide bonds. The Hall–Kier alpha value is -2.40. The highest BCUT2D eigenvalue weighted by molar-refractivity contribution is 5.70. The highest BCUT2D eigenvalue weighted by atomic mass is 16.5. The smallest absolute Gasteiger partial charge is 0.204 e. The molecule has 0 radical (unpaired) electrons. The maximum atomic E-state index is 6.36. The van der Waals surface area contributed by atoms with Crippen molar-refractivity contribution in [1.29, 1.82) is 0 Å². The van der Waals surface area contributed by atoms with E-state index in [1.165, 1.54) is 0 Å². The molecule has 1 aliphatic heterocycles. The van der Waals surface area contributed by atoms with Gasteiger partial charge in [0.2, 0.25) is 5.75 Å². The van der Waals surface area contributed by atoms with Crippen LogP contribution >= 0.6 is 0 Å². The Morgan fingerprint density at radius 2 is 1.59 bits per heavy atom. The van der Waals surface area contributed by atoms with Crippen molar-refractivity contribution in [3.8, 4) is 28.7 Å². The molecule has 5 heteroatoms. The van der Waals surface area contributed by atoms with Gasteiger partial charge >= 0.3 is 0 Å². The van der Waals surface area contributed by atoms with E-state index < -0.39 is 0 Å². The van der Waals surface area contributed by atoms with Crippen molar-refractivity contribution in [3.63, 3.8) is 0 Å². The van der Waals surface area contributed by atoms with Gasteiger partial charge in [0.25, 0.3) is 0 Å². The first kappa shape index (κ1) is 19.4. The zero-order valence-electron chi connectivity index (χ0n) is 16.5. The van der Waals surface area contributed by atoms with Gasteiger partial charge < -0.3 is 24.7 Å². The highest BCUT2D eigenvalue weighted by Gasteiger charge is 2.31. The van der Waals surface area contributed by atoms with E-state index in [1.54, 1.807) is 0 Å². The summed E-state index contributed by atoms with van der Waals surface area (Å²) >= 11 is 0. The van der Waals surface area contributed by atoms with Gasteiger partial charge in [0.1, 0.15) is 11.5 Å². The number of benzene rings is 2. The van der Waals surface area contributed by atoms with Crippen molar-refractivity contribution in [3.05, 3.63) is 41.0 Å². The first-order valence-corrected chi connectivity index (χ1v) is 9.80. The Morgan fingerprint density at radius 3 is 2.30 bits per heavy atom. The van der Waals surface area contributed by atoms with Gasteiger partial charge in [-0.25, -0.2) is 0 Å². The average Bonchev–Trinajstić information content (AvgIpc) is 2.69. The van der Waals surface area contributed by atoms with Gasteiger partial charge in [-0.3, -0.25) is 0 Å². The fourth-order valence-corrected chi connectivity index (χ4v) is 3.47. The summed E-state index contributed by atoms with van der Waals surface area (Å²) in [5.74, 6) is 3.83. The van der Waals surface area contributed by atoms with Gasteiger partial charge in [0, 0.05) is 17.5 Å². The van der Waals surface area contributed by atoms with Crippen LogP contribution in [0.3, 0.4) is 0 Å². The Bertz CT molecular complexity index is 788. The van der Waals surface area contributed by atoms with Gasteiger partial charge in [-0.2, -0.15) is 0 Å². The standard InChI is InChI=1S/C22H29NO4/c1-4-24-20-16(11-9-13-23)19-17(21(25-5-2)22(20)26-6-3)14-15-10-7-8-12-18(15)27-19/h7-8,10,12H,4-6,9,11,13-14,23H2,1-3H3. The summed E-state index contributed by atoms with van der Waals surface area (Å²) in [7, 11) is 0. The summed E-state index contributed by atoms with van der Waals surface area (Å²) in [5, 5.41) is 0.